The molecule has 0 aromatic heterocycles. The summed E-state index contributed by atoms with van der Waals surface area (Å²) in [6.07, 6.45) is 3.45. The first-order chi connectivity index (χ1) is 10.5. The van der Waals surface area contributed by atoms with E-state index in [2.05, 4.69) is 10.6 Å². The van der Waals surface area contributed by atoms with E-state index in [4.69, 9.17) is 16.3 Å². The van der Waals surface area contributed by atoms with Crippen LogP contribution in [0.25, 0.3) is 0 Å². The zero-order chi connectivity index (χ0) is 16.2. The van der Waals surface area contributed by atoms with Gasteiger partial charge in [0.1, 0.15) is 5.60 Å². The molecule has 2 N–H and O–H groups in total. The molecule has 1 aromatic carbocycles. The van der Waals surface area contributed by atoms with Crippen LogP contribution in [0, 0.1) is 0 Å². The van der Waals surface area contributed by atoms with Crippen molar-refractivity contribution in [3.63, 3.8) is 0 Å². The maximum atomic E-state index is 12.6. The van der Waals surface area contributed by atoms with Gasteiger partial charge in [-0.1, -0.05) is 11.6 Å². The van der Waals surface area contributed by atoms with Crippen LogP contribution in [0.1, 0.15) is 39.5 Å². The molecule has 1 aliphatic rings. The van der Waals surface area contributed by atoms with Gasteiger partial charge < -0.3 is 15.4 Å². The number of anilines is 2. The smallest absolute Gasteiger partial charge is 0.256 e. The average molecular weight is 325 g/mol. The summed E-state index contributed by atoms with van der Waals surface area (Å²) in [4.78, 5) is 23.8. The first-order valence-corrected chi connectivity index (χ1v) is 7.87. The number of rotatable bonds is 5. The Balaban J connectivity index is 2.15. The van der Waals surface area contributed by atoms with E-state index in [1.54, 1.807) is 18.2 Å². The van der Waals surface area contributed by atoms with Gasteiger partial charge in [-0.3, -0.25) is 9.59 Å². The molecule has 1 saturated carbocycles. The van der Waals surface area contributed by atoms with E-state index < -0.39 is 5.60 Å². The molecule has 0 radical (unpaired) electrons. The van der Waals surface area contributed by atoms with Crippen molar-refractivity contribution in [1.29, 1.82) is 0 Å². The quantitative estimate of drug-likeness (QED) is 0.869. The van der Waals surface area contributed by atoms with Crippen molar-refractivity contribution in [2.45, 2.75) is 45.1 Å². The van der Waals surface area contributed by atoms with Crippen LogP contribution in [-0.2, 0) is 14.3 Å². The lowest BCUT2D eigenvalue weighted by molar-refractivity contribution is -0.140. The fourth-order valence-corrected chi connectivity index (χ4v) is 2.96. The van der Waals surface area contributed by atoms with Crippen LogP contribution in [0.3, 0.4) is 0 Å². The van der Waals surface area contributed by atoms with E-state index in [1.165, 1.54) is 6.92 Å². The second kappa shape index (κ2) is 7.11. The molecule has 22 heavy (non-hydrogen) atoms. The first kappa shape index (κ1) is 16.8. The maximum absolute atomic E-state index is 12.6. The largest absolute Gasteiger partial charge is 0.365 e. The highest BCUT2D eigenvalue weighted by molar-refractivity contribution is 6.33. The number of hydrogen-bond acceptors (Lipinski definition) is 3. The second-order valence-corrected chi connectivity index (χ2v) is 5.87. The number of benzene rings is 1. The molecule has 1 aromatic rings. The highest BCUT2D eigenvalue weighted by Gasteiger charge is 2.41. The predicted octanol–water partition coefficient (Wildman–Crippen LogP) is 3.59. The Labute approximate surface area is 135 Å². The summed E-state index contributed by atoms with van der Waals surface area (Å²) < 4.78 is 5.74. The summed E-state index contributed by atoms with van der Waals surface area (Å²) in [7, 11) is 0. The van der Waals surface area contributed by atoms with E-state index in [0.29, 0.717) is 23.0 Å². The Morgan fingerprint density at radius 2 is 1.95 bits per heavy atom. The van der Waals surface area contributed by atoms with Crippen LogP contribution in [0.5, 0.6) is 0 Å². The lowest BCUT2D eigenvalue weighted by atomic mass is 10.0. The summed E-state index contributed by atoms with van der Waals surface area (Å²) in [6, 6.07) is 5.00. The minimum Gasteiger partial charge on any atom is -0.365 e. The number of amides is 2. The van der Waals surface area contributed by atoms with Crippen molar-refractivity contribution in [3.05, 3.63) is 23.2 Å². The van der Waals surface area contributed by atoms with Gasteiger partial charge in [-0.25, -0.2) is 0 Å². The molecule has 0 aliphatic heterocycles. The minimum absolute atomic E-state index is 0.136. The molecule has 2 rings (SSSR count). The first-order valence-electron chi connectivity index (χ1n) is 7.49. The monoisotopic (exact) mass is 324 g/mol. The highest BCUT2D eigenvalue weighted by Crippen LogP contribution is 2.35. The van der Waals surface area contributed by atoms with Crippen LogP contribution < -0.4 is 10.6 Å². The lowest BCUT2D eigenvalue weighted by Gasteiger charge is -2.27. The third-order valence-electron chi connectivity index (χ3n) is 3.78. The van der Waals surface area contributed by atoms with Gasteiger partial charge in [-0.2, -0.15) is 0 Å². The molecular weight excluding hydrogens is 304 g/mol. The SMILES string of the molecule is CCOC1(C(=O)Nc2ccc(Cl)c(NC(C)=O)c2)CCCC1. The normalized spacial score (nSPS) is 16.3. The number of hydrogen-bond donors (Lipinski definition) is 2. The van der Waals surface area contributed by atoms with Crippen molar-refractivity contribution in [2.24, 2.45) is 0 Å². The molecule has 0 spiro atoms. The van der Waals surface area contributed by atoms with Crippen LogP contribution >= 0.6 is 11.6 Å². The van der Waals surface area contributed by atoms with E-state index in [1.807, 2.05) is 6.92 Å². The van der Waals surface area contributed by atoms with E-state index in [-0.39, 0.29) is 11.8 Å². The van der Waals surface area contributed by atoms with E-state index >= 15 is 0 Å². The summed E-state index contributed by atoms with van der Waals surface area (Å²) in [5.41, 5.74) is 0.329. The second-order valence-electron chi connectivity index (χ2n) is 5.46. The number of carbonyl (C=O) groups excluding carboxylic acids is 2. The van der Waals surface area contributed by atoms with Gasteiger partial charge in [-0.15, -0.1) is 0 Å². The summed E-state index contributed by atoms with van der Waals surface area (Å²) >= 11 is 6.03. The fourth-order valence-electron chi connectivity index (χ4n) is 2.79. The third-order valence-corrected chi connectivity index (χ3v) is 4.11. The van der Waals surface area contributed by atoms with Crippen molar-refractivity contribution in [2.75, 3.05) is 17.2 Å². The van der Waals surface area contributed by atoms with Gasteiger partial charge in [0.15, 0.2) is 0 Å². The van der Waals surface area contributed by atoms with Gasteiger partial charge in [0.2, 0.25) is 5.91 Å². The van der Waals surface area contributed by atoms with E-state index in [0.717, 1.165) is 25.7 Å². The number of nitrogens with one attached hydrogen (secondary N) is 2. The molecule has 2 amide bonds. The molecule has 120 valence electrons. The fraction of sp³-hybridized carbons (Fsp3) is 0.500. The standard InChI is InChI=1S/C16H21ClN2O3/c1-3-22-16(8-4-5-9-16)15(21)19-12-6-7-13(17)14(10-12)18-11(2)20/h6-7,10H,3-5,8-9H2,1-2H3,(H,18,20)(H,19,21). The zero-order valence-electron chi connectivity index (χ0n) is 12.9. The Hall–Kier alpha value is -1.59. The number of ether oxygens (including phenoxy) is 1. The Morgan fingerprint density at radius 3 is 2.55 bits per heavy atom. The molecule has 0 heterocycles. The topological polar surface area (TPSA) is 67.4 Å². The summed E-state index contributed by atoms with van der Waals surface area (Å²) in [6.45, 7) is 3.81. The number of carbonyl (C=O) groups is 2. The molecule has 1 fully saturated rings. The summed E-state index contributed by atoms with van der Waals surface area (Å²) in [5.74, 6) is -0.352. The van der Waals surface area contributed by atoms with Gasteiger partial charge in [0.25, 0.3) is 5.91 Å². The van der Waals surface area contributed by atoms with Gasteiger partial charge >= 0.3 is 0 Å². The lowest BCUT2D eigenvalue weighted by Crippen LogP contribution is -2.43. The van der Waals surface area contributed by atoms with Crippen LogP contribution in [-0.4, -0.2) is 24.0 Å². The van der Waals surface area contributed by atoms with E-state index in [9.17, 15) is 9.59 Å². The third kappa shape index (κ3) is 3.78. The number of halogens is 1. The van der Waals surface area contributed by atoms with Crippen LogP contribution in [0.4, 0.5) is 11.4 Å². The molecular formula is C16H21ClN2O3. The van der Waals surface area contributed by atoms with Crippen molar-refractivity contribution < 1.29 is 14.3 Å². The maximum Gasteiger partial charge on any atom is 0.256 e. The van der Waals surface area contributed by atoms with Crippen LogP contribution in [0.15, 0.2) is 18.2 Å². The van der Waals surface area contributed by atoms with Gasteiger partial charge in [0.05, 0.1) is 10.7 Å². The molecule has 1 aliphatic carbocycles. The Kier molecular flexibility index (Phi) is 5.42. The van der Waals surface area contributed by atoms with Crippen molar-refractivity contribution in [3.8, 4) is 0 Å². The molecule has 0 saturated heterocycles. The predicted molar refractivity (Wildman–Crippen MR) is 87.2 cm³/mol. The Morgan fingerprint density at radius 1 is 1.27 bits per heavy atom. The molecule has 0 unspecified atom stereocenters. The Bertz CT molecular complexity index is 569. The van der Waals surface area contributed by atoms with Gasteiger partial charge in [0, 0.05) is 19.2 Å². The molecule has 0 bridgehead atoms. The summed E-state index contributed by atoms with van der Waals surface area (Å²) in [5, 5.41) is 5.94. The van der Waals surface area contributed by atoms with Crippen molar-refractivity contribution in [1.82, 2.24) is 0 Å². The zero-order valence-corrected chi connectivity index (χ0v) is 13.6. The molecule has 0 atom stereocenters. The average Bonchev–Trinajstić information content (AvgIpc) is 2.92. The highest BCUT2D eigenvalue weighted by atomic mass is 35.5. The van der Waals surface area contributed by atoms with Crippen LogP contribution in [0.2, 0.25) is 5.02 Å². The molecule has 5 nitrogen and oxygen atoms in total. The molecule has 6 heteroatoms. The van der Waals surface area contributed by atoms with Gasteiger partial charge in [-0.05, 0) is 50.8 Å². The minimum atomic E-state index is -0.734. The van der Waals surface area contributed by atoms with Crippen molar-refractivity contribution >= 4 is 34.8 Å².